The molecule has 1 unspecified atom stereocenters. The van der Waals surface area contributed by atoms with E-state index in [9.17, 15) is 4.79 Å². The second kappa shape index (κ2) is 12.6. The molecule has 1 aliphatic heterocycles. The van der Waals surface area contributed by atoms with Gasteiger partial charge in [-0.05, 0) is 49.0 Å². The molecule has 1 heterocycles. The molecule has 2 aromatic carbocycles. The minimum atomic E-state index is -1.85. The maximum Gasteiger partial charge on any atom is 0.338 e. The van der Waals surface area contributed by atoms with Crippen LogP contribution < -0.4 is 5.19 Å². The molecule has 1 aliphatic rings. The van der Waals surface area contributed by atoms with E-state index in [1.54, 1.807) is 12.1 Å². The molecule has 0 bridgehead atoms. The minimum Gasteiger partial charge on any atom is -0.453 e. The van der Waals surface area contributed by atoms with Gasteiger partial charge in [0.15, 0.2) is 12.4 Å². The summed E-state index contributed by atoms with van der Waals surface area (Å²) in [7, 11) is -1.85. The molecule has 1 saturated heterocycles. The van der Waals surface area contributed by atoms with Crippen LogP contribution in [0, 0.1) is 0 Å². The van der Waals surface area contributed by atoms with E-state index in [0.717, 1.165) is 12.8 Å². The molecule has 5 nitrogen and oxygen atoms in total. The molecule has 0 N–H and O–H groups in total. The largest absolute Gasteiger partial charge is 0.453 e. The fraction of sp³-hybridized carbons (Fsp3) is 0.483. The van der Waals surface area contributed by atoms with Crippen molar-refractivity contribution in [3.8, 4) is 0 Å². The minimum absolute atomic E-state index is 0.00381. The highest BCUT2D eigenvalue weighted by molar-refractivity contribution is 6.70. The fourth-order valence-corrected chi connectivity index (χ4v) is 7.14. The smallest absolute Gasteiger partial charge is 0.338 e. The highest BCUT2D eigenvalue weighted by Crippen LogP contribution is 2.33. The van der Waals surface area contributed by atoms with Gasteiger partial charge in [0.05, 0.1) is 23.9 Å². The lowest BCUT2D eigenvalue weighted by atomic mass is 10.0. The van der Waals surface area contributed by atoms with Crippen molar-refractivity contribution in [2.24, 2.45) is 0 Å². The first-order valence-corrected chi connectivity index (χ1v) is 14.2. The molecule has 0 aliphatic carbocycles. The van der Waals surface area contributed by atoms with Gasteiger partial charge < -0.3 is 18.6 Å². The zero-order chi connectivity index (χ0) is 25.4. The first-order chi connectivity index (χ1) is 16.7. The zero-order valence-electron chi connectivity index (χ0n) is 21.7. The zero-order valence-corrected chi connectivity index (χ0v) is 22.8. The topological polar surface area (TPSA) is 54.0 Å². The van der Waals surface area contributed by atoms with Gasteiger partial charge in [-0.3, -0.25) is 0 Å². The number of ether oxygens (including phenoxy) is 3. The van der Waals surface area contributed by atoms with Gasteiger partial charge in [-0.2, -0.15) is 0 Å². The van der Waals surface area contributed by atoms with Crippen molar-refractivity contribution in [3.63, 3.8) is 0 Å². The molecular formula is C29H40O5Si. The Morgan fingerprint density at radius 2 is 1.74 bits per heavy atom. The standard InChI is InChI=1S/C29H40O5Si/c1-7-8-15-21(2)31-28-26(33-27(30)23-16-11-9-12-17-23)20-25(22(3)32-28)34-35(29(4,5)6)24-18-13-10-14-19-24/h7,9-14,16-19,21-22,25-26,28,35H,1,8,15,20H2,2-6H3/t21-,22+,25-,26-,28-,35?/m1/s1. The van der Waals surface area contributed by atoms with Crippen LogP contribution in [0.2, 0.25) is 5.04 Å². The van der Waals surface area contributed by atoms with E-state index in [0.29, 0.717) is 12.0 Å². The normalized spacial score (nSPS) is 24.4. The van der Waals surface area contributed by atoms with Crippen LogP contribution in [0.1, 0.15) is 64.2 Å². The molecular weight excluding hydrogens is 456 g/mol. The van der Waals surface area contributed by atoms with Gasteiger partial charge in [0.1, 0.15) is 0 Å². The average molecular weight is 497 g/mol. The summed E-state index contributed by atoms with van der Waals surface area (Å²) < 4.78 is 25.4. The van der Waals surface area contributed by atoms with E-state index in [4.69, 9.17) is 18.6 Å². The number of carbonyl (C=O) groups excluding carboxylic acids is 1. The molecule has 0 spiro atoms. The second-order valence-corrected chi connectivity index (χ2v) is 13.8. The molecule has 0 aromatic heterocycles. The number of esters is 1. The first-order valence-electron chi connectivity index (χ1n) is 12.6. The summed E-state index contributed by atoms with van der Waals surface area (Å²) in [5.41, 5.74) is 0.508. The van der Waals surface area contributed by atoms with Gasteiger partial charge >= 0.3 is 5.97 Å². The maximum atomic E-state index is 12.9. The van der Waals surface area contributed by atoms with Crippen LogP contribution in [-0.2, 0) is 18.6 Å². The predicted octanol–water partition coefficient (Wildman–Crippen LogP) is 5.53. The number of hydrogen-bond acceptors (Lipinski definition) is 5. The quantitative estimate of drug-likeness (QED) is 0.246. The van der Waals surface area contributed by atoms with Crippen LogP contribution >= 0.6 is 0 Å². The Balaban J connectivity index is 1.80. The Morgan fingerprint density at radius 1 is 1.11 bits per heavy atom. The molecule has 190 valence electrons. The third-order valence-corrected chi connectivity index (χ3v) is 9.44. The fourth-order valence-electron chi connectivity index (χ4n) is 4.32. The van der Waals surface area contributed by atoms with E-state index >= 15 is 0 Å². The first kappa shape index (κ1) is 27.3. The highest BCUT2D eigenvalue weighted by Gasteiger charge is 2.43. The van der Waals surface area contributed by atoms with E-state index in [-0.39, 0.29) is 29.3 Å². The van der Waals surface area contributed by atoms with Crippen molar-refractivity contribution >= 4 is 20.2 Å². The number of carbonyl (C=O) groups is 1. The average Bonchev–Trinajstić information content (AvgIpc) is 2.83. The summed E-state index contributed by atoms with van der Waals surface area (Å²) in [6, 6.07) is 19.5. The van der Waals surface area contributed by atoms with Crippen molar-refractivity contribution in [3.05, 3.63) is 78.9 Å². The number of allylic oxidation sites excluding steroid dienone is 1. The van der Waals surface area contributed by atoms with Crippen molar-refractivity contribution < 1.29 is 23.4 Å². The Bertz CT molecular complexity index is 927. The summed E-state index contributed by atoms with van der Waals surface area (Å²) in [6.07, 6.45) is 2.39. The lowest BCUT2D eigenvalue weighted by Gasteiger charge is -2.43. The van der Waals surface area contributed by atoms with Crippen LogP contribution in [0.15, 0.2) is 73.3 Å². The monoisotopic (exact) mass is 496 g/mol. The lowest BCUT2D eigenvalue weighted by molar-refractivity contribution is -0.270. The number of hydrogen-bond donors (Lipinski definition) is 0. The molecule has 1 fully saturated rings. The molecule has 0 radical (unpaired) electrons. The molecule has 6 atom stereocenters. The van der Waals surface area contributed by atoms with E-state index in [1.807, 2.05) is 44.2 Å². The van der Waals surface area contributed by atoms with Gasteiger partial charge in [-0.25, -0.2) is 4.79 Å². The third kappa shape index (κ3) is 7.87. The summed E-state index contributed by atoms with van der Waals surface area (Å²) >= 11 is 0. The van der Waals surface area contributed by atoms with Crippen molar-refractivity contribution in [2.45, 2.75) is 89.6 Å². The Kier molecular flexibility index (Phi) is 9.86. The maximum absolute atomic E-state index is 12.9. The Hall–Kier alpha value is -2.25. The highest BCUT2D eigenvalue weighted by atomic mass is 28.3. The van der Waals surface area contributed by atoms with Gasteiger partial charge in [0.25, 0.3) is 0 Å². The van der Waals surface area contributed by atoms with Gasteiger partial charge in [-0.15, -0.1) is 6.58 Å². The van der Waals surface area contributed by atoms with Crippen molar-refractivity contribution in [1.29, 1.82) is 0 Å². The van der Waals surface area contributed by atoms with Crippen LogP contribution in [0.3, 0.4) is 0 Å². The summed E-state index contributed by atoms with van der Waals surface area (Å²) in [5.74, 6) is -0.382. The summed E-state index contributed by atoms with van der Waals surface area (Å²) in [6.45, 7) is 14.5. The van der Waals surface area contributed by atoms with Crippen LogP contribution in [-0.4, -0.2) is 45.7 Å². The Morgan fingerprint density at radius 3 is 2.34 bits per heavy atom. The predicted molar refractivity (Wildman–Crippen MR) is 142 cm³/mol. The second-order valence-electron chi connectivity index (χ2n) is 10.4. The Labute approximate surface area is 212 Å². The molecule has 0 amide bonds. The molecule has 2 aromatic rings. The molecule has 0 saturated carbocycles. The SMILES string of the molecule is C=CCC[C@@H](C)O[C@@H]1O[C@@H](C)[C@H](O[SiH](c2ccccc2)C(C)(C)C)C[C@H]1OC(=O)c1ccccc1. The van der Waals surface area contributed by atoms with Gasteiger partial charge in [0.2, 0.25) is 9.04 Å². The number of benzene rings is 2. The van der Waals surface area contributed by atoms with Crippen LogP contribution in [0.4, 0.5) is 0 Å². The molecule has 6 heteroatoms. The van der Waals surface area contributed by atoms with E-state index < -0.39 is 21.4 Å². The molecule has 35 heavy (non-hydrogen) atoms. The summed E-state index contributed by atoms with van der Waals surface area (Å²) in [4.78, 5) is 12.9. The van der Waals surface area contributed by atoms with Gasteiger partial charge in [-0.1, -0.05) is 75.4 Å². The third-order valence-electron chi connectivity index (χ3n) is 6.25. The summed E-state index contributed by atoms with van der Waals surface area (Å²) in [5, 5.41) is 1.26. The number of rotatable bonds is 10. The lowest BCUT2D eigenvalue weighted by Crippen LogP contribution is -2.54. The molecule has 3 rings (SSSR count). The van der Waals surface area contributed by atoms with Crippen molar-refractivity contribution in [1.82, 2.24) is 0 Å². The van der Waals surface area contributed by atoms with Gasteiger partial charge in [0, 0.05) is 6.42 Å². The van der Waals surface area contributed by atoms with Crippen LogP contribution in [0.5, 0.6) is 0 Å². The van der Waals surface area contributed by atoms with Crippen LogP contribution in [0.25, 0.3) is 0 Å². The van der Waals surface area contributed by atoms with E-state index in [2.05, 4.69) is 51.6 Å². The van der Waals surface area contributed by atoms with E-state index in [1.165, 1.54) is 5.19 Å². The van der Waals surface area contributed by atoms with Crippen molar-refractivity contribution in [2.75, 3.05) is 0 Å².